The minimum absolute atomic E-state index is 0.126. The lowest BCUT2D eigenvalue weighted by molar-refractivity contribution is 0.0662. The summed E-state index contributed by atoms with van der Waals surface area (Å²) in [6.45, 7) is 3.35. The number of nitrogens with one attached hydrogen (secondary N) is 1. The Morgan fingerprint density at radius 3 is 3.05 bits per heavy atom. The summed E-state index contributed by atoms with van der Waals surface area (Å²) in [6, 6.07) is 3.66. The number of likely N-dealkylation sites (tertiary alicyclic amines) is 1. The largest absolute Gasteiger partial charge is 0.338 e. The predicted octanol–water partition coefficient (Wildman–Crippen LogP) is 1.58. The van der Waals surface area contributed by atoms with E-state index in [-0.39, 0.29) is 18.0 Å². The molecule has 1 aromatic heterocycles. The van der Waals surface area contributed by atoms with Crippen molar-refractivity contribution in [1.29, 1.82) is 0 Å². The standard InChI is InChI=1S/C14H19F2N3O/c1-9-5-10-6-17-7-12(10)19(9)14(20)11-3-2-4-18(11)8-13(15)16/h2-4,9-10,12-13,17H,5-8H2,1H3. The maximum Gasteiger partial charge on any atom is 0.271 e. The molecule has 3 atom stereocenters. The molecule has 110 valence electrons. The van der Waals surface area contributed by atoms with Crippen molar-refractivity contribution in [2.75, 3.05) is 13.1 Å². The van der Waals surface area contributed by atoms with Gasteiger partial charge < -0.3 is 14.8 Å². The fourth-order valence-corrected chi connectivity index (χ4v) is 3.56. The van der Waals surface area contributed by atoms with Crippen LogP contribution in [-0.2, 0) is 6.54 Å². The molecule has 3 heterocycles. The van der Waals surface area contributed by atoms with Crippen LogP contribution >= 0.6 is 0 Å². The lowest BCUT2D eigenvalue weighted by atomic mass is 10.0. The summed E-state index contributed by atoms with van der Waals surface area (Å²) in [6.07, 6.45) is 0.0783. The zero-order valence-electron chi connectivity index (χ0n) is 11.4. The van der Waals surface area contributed by atoms with Gasteiger partial charge >= 0.3 is 0 Å². The number of carbonyl (C=O) groups excluding carboxylic acids is 1. The quantitative estimate of drug-likeness (QED) is 0.914. The Morgan fingerprint density at radius 2 is 2.30 bits per heavy atom. The highest BCUT2D eigenvalue weighted by atomic mass is 19.3. The third kappa shape index (κ3) is 2.22. The second-order valence-corrected chi connectivity index (χ2v) is 5.72. The first-order valence-electron chi connectivity index (χ1n) is 7.04. The van der Waals surface area contributed by atoms with Gasteiger partial charge in [-0.3, -0.25) is 4.79 Å². The van der Waals surface area contributed by atoms with Crippen molar-refractivity contribution in [2.24, 2.45) is 5.92 Å². The molecule has 1 aromatic rings. The van der Waals surface area contributed by atoms with Gasteiger partial charge in [-0.15, -0.1) is 0 Å². The van der Waals surface area contributed by atoms with Crippen LogP contribution < -0.4 is 5.32 Å². The normalized spacial score (nSPS) is 29.2. The lowest BCUT2D eigenvalue weighted by Crippen LogP contribution is -2.43. The van der Waals surface area contributed by atoms with Crippen LogP contribution in [0.3, 0.4) is 0 Å². The molecule has 0 radical (unpaired) electrons. The Bertz CT molecular complexity index is 502. The molecule has 4 nitrogen and oxygen atoms in total. The Balaban J connectivity index is 1.83. The number of nitrogens with zero attached hydrogens (tertiary/aromatic N) is 2. The molecule has 1 N–H and O–H groups in total. The number of alkyl halides is 2. The van der Waals surface area contributed by atoms with E-state index in [4.69, 9.17) is 0 Å². The van der Waals surface area contributed by atoms with Crippen molar-refractivity contribution >= 4 is 5.91 Å². The molecule has 2 fully saturated rings. The molecule has 2 aliphatic heterocycles. The summed E-state index contributed by atoms with van der Waals surface area (Å²) < 4.78 is 26.5. The van der Waals surface area contributed by atoms with Gasteiger partial charge in [-0.1, -0.05) is 0 Å². The number of carbonyl (C=O) groups is 1. The first-order chi connectivity index (χ1) is 9.58. The van der Waals surface area contributed by atoms with Gasteiger partial charge in [0.2, 0.25) is 0 Å². The van der Waals surface area contributed by atoms with Crippen LogP contribution in [-0.4, -0.2) is 47.0 Å². The molecule has 0 spiro atoms. The zero-order chi connectivity index (χ0) is 14.3. The molecule has 1 amide bonds. The van der Waals surface area contributed by atoms with Crippen LogP contribution in [0.15, 0.2) is 18.3 Å². The van der Waals surface area contributed by atoms with Gasteiger partial charge in [-0.2, -0.15) is 0 Å². The molecule has 2 saturated heterocycles. The van der Waals surface area contributed by atoms with E-state index in [2.05, 4.69) is 5.32 Å². The fourth-order valence-electron chi connectivity index (χ4n) is 3.56. The summed E-state index contributed by atoms with van der Waals surface area (Å²) in [5.41, 5.74) is 0.365. The van der Waals surface area contributed by atoms with Crippen molar-refractivity contribution in [3.05, 3.63) is 24.0 Å². The van der Waals surface area contributed by atoms with Gasteiger partial charge in [0, 0.05) is 31.4 Å². The van der Waals surface area contributed by atoms with Gasteiger partial charge in [-0.25, -0.2) is 8.78 Å². The maximum absolute atomic E-state index is 12.7. The molecule has 0 saturated carbocycles. The number of hydrogen-bond acceptors (Lipinski definition) is 2. The van der Waals surface area contributed by atoms with E-state index < -0.39 is 13.0 Å². The molecular formula is C14H19F2N3O. The highest BCUT2D eigenvalue weighted by Crippen LogP contribution is 2.33. The van der Waals surface area contributed by atoms with Gasteiger partial charge in [-0.05, 0) is 31.4 Å². The number of aromatic nitrogens is 1. The van der Waals surface area contributed by atoms with Gasteiger partial charge in [0.25, 0.3) is 12.3 Å². The van der Waals surface area contributed by atoms with Crippen molar-refractivity contribution in [3.8, 4) is 0 Å². The van der Waals surface area contributed by atoms with E-state index in [0.717, 1.165) is 19.5 Å². The zero-order valence-corrected chi connectivity index (χ0v) is 11.4. The third-order valence-corrected chi connectivity index (χ3v) is 4.40. The second kappa shape index (κ2) is 5.16. The van der Waals surface area contributed by atoms with Gasteiger partial charge in [0.05, 0.1) is 6.54 Å². The number of amides is 1. The van der Waals surface area contributed by atoms with Crippen LogP contribution in [0.4, 0.5) is 8.78 Å². The van der Waals surface area contributed by atoms with Crippen LogP contribution in [0, 0.1) is 5.92 Å². The SMILES string of the molecule is CC1CC2CNCC2N1C(=O)c1cccn1CC(F)F. The van der Waals surface area contributed by atoms with Gasteiger partial charge in [0.15, 0.2) is 0 Å². The summed E-state index contributed by atoms with van der Waals surface area (Å²) in [5, 5.41) is 3.30. The average Bonchev–Trinajstić information content (AvgIpc) is 3.03. The lowest BCUT2D eigenvalue weighted by Gasteiger charge is -2.28. The monoisotopic (exact) mass is 283 g/mol. The molecule has 20 heavy (non-hydrogen) atoms. The molecule has 2 aliphatic rings. The van der Waals surface area contributed by atoms with Crippen molar-refractivity contribution in [1.82, 2.24) is 14.8 Å². The van der Waals surface area contributed by atoms with Crippen LogP contribution in [0.2, 0.25) is 0 Å². The molecule has 3 rings (SSSR count). The van der Waals surface area contributed by atoms with E-state index in [0.29, 0.717) is 11.6 Å². The number of fused-ring (bicyclic) bond motifs is 1. The minimum atomic E-state index is -2.45. The molecule has 0 aliphatic carbocycles. The molecule has 6 heteroatoms. The predicted molar refractivity (Wildman–Crippen MR) is 70.8 cm³/mol. The van der Waals surface area contributed by atoms with Crippen molar-refractivity contribution in [2.45, 2.75) is 38.4 Å². The molecule has 0 aromatic carbocycles. The average molecular weight is 283 g/mol. The summed E-state index contributed by atoms with van der Waals surface area (Å²) in [4.78, 5) is 14.6. The van der Waals surface area contributed by atoms with Crippen molar-refractivity contribution < 1.29 is 13.6 Å². The van der Waals surface area contributed by atoms with E-state index in [1.54, 1.807) is 18.3 Å². The molecule has 3 unspecified atom stereocenters. The first kappa shape index (κ1) is 13.5. The third-order valence-electron chi connectivity index (χ3n) is 4.40. The second-order valence-electron chi connectivity index (χ2n) is 5.72. The highest BCUT2D eigenvalue weighted by Gasteiger charge is 2.44. The van der Waals surface area contributed by atoms with E-state index in [9.17, 15) is 13.6 Å². The maximum atomic E-state index is 12.7. The Hall–Kier alpha value is -1.43. The van der Waals surface area contributed by atoms with Gasteiger partial charge in [0.1, 0.15) is 5.69 Å². The molecule has 0 bridgehead atoms. The first-order valence-corrected chi connectivity index (χ1v) is 7.04. The minimum Gasteiger partial charge on any atom is -0.338 e. The van der Waals surface area contributed by atoms with Crippen LogP contribution in [0.1, 0.15) is 23.8 Å². The molecular weight excluding hydrogens is 264 g/mol. The highest BCUT2D eigenvalue weighted by molar-refractivity contribution is 5.93. The number of rotatable bonds is 3. The van der Waals surface area contributed by atoms with Crippen LogP contribution in [0.25, 0.3) is 0 Å². The summed E-state index contributed by atoms with van der Waals surface area (Å²) in [5.74, 6) is 0.367. The van der Waals surface area contributed by atoms with Crippen molar-refractivity contribution in [3.63, 3.8) is 0 Å². The smallest absolute Gasteiger partial charge is 0.271 e. The van der Waals surface area contributed by atoms with E-state index in [1.165, 1.54) is 4.57 Å². The van der Waals surface area contributed by atoms with E-state index >= 15 is 0 Å². The Labute approximate surface area is 116 Å². The summed E-state index contributed by atoms with van der Waals surface area (Å²) in [7, 11) is 0. The van der Waals surface area contributed by atoms with E-state index in [1.807, 2.05) is 11.8 Å². The number of halogens is 2. The fraction of sp³-hybridized carbons (Fsp3) is 0.643. The topological polar surface area (TPSA) is 37.3 Å². The summed E-state index contributed by atoms with van der Waals surface area (Å²) >= 11 is 0. The van der Waals surface area contributed by atoms with Crippen LogP contribution in [0.5, 0.6) is 0 Å². The Morgan fingerprint density at radius 1 is 1.50 bits per heavy atom. The number of hydrogen-bond donors (Lipinski definition) is 1. The Kier molecular flexibility index (Phi) is 3.50.